The maximum Gasteiger partial charge on any atom is 0.194 e. The molecule has 0 unspecified atom stereocenters. The van der Waals surface area contributed by atoms with E-state index in [1.807, 2.05) is 18.2 Å². The van der Waals surface area contributed by atoms with Crippen LogP contribution < -0.4 is 0 Å². The molecule has 4 heteroatoms. The van der Waals surface area contributed by atoms with Gasteiger partial charge in [-0.1, -0.05) is 48.5 Å². The Morgan fingerprint density at radius 2 is 1.78 bits per heavy atom. The fraction of sp³-hybridized carbons (Fsp3) is 0. The van der Waals surface area contributed by atoms with Crippen LogP contribution in [-0.2, 0) is 0 Å². The van der Waals surface area contributed by atoms with E-state index in [0.717, 1.165) is 21.7 Å². The molecule has 5 rings (SSSR count). The van der Waals surface area contributed by atoms with Crippen molar-refractivity contribution in [2.45, 2.75) is 0 Å². The van der Waals surface area contributed by atoms with E-state index in [2.05, 4.69) is 63.6 Å². The maximum absolute atomic E-state index is 4.76. The van der Waals surface area contributed by atoms with Crippen LogP contribution in [0.15, 0.2) is 72.4 Å². The summed E-state index contributed by atoms with van der Waals surface area (Å²) in [5.41, 5.74) is 5.71. The number of para-hydroxylation sites is 1. The lowest BCUT2D eigenvalue weighted by atomic mass is 10.1. The Hall–Kier alpha value is -2.85. The van der Waals surface area contributed by atoms with Gasteiger partial charge in [-0.25, -0.2) is 4.98 Å². The van der Waals surface area contributed by atoms with Crippen LogP contribution in [0, 0.1) is 0 Å². The van der Waals surface area contributed by atoms with E-state index in [1.54, 1.807) is 11.3 Å². The van der Waals surface area contributed by atoms with Gasteiger partial charge < -0.3 is 4.98 Å². The van der Waals surface area contributed by atoms with Crippen LogP contribution in [0.3, 0.4) is 0 Å². The average Bonchev–Trinajstić information content (AvgIpc) is 3.29. The first-order valence-corrected chi connectivity index (χ1v) is 8.36. The first-order valence-electron chi connectivity index (χ1n) is 7.49. The van der Waals surface area contributed by atoms with Crippen molar-refractivity contribution in [2.24, 2.45) is 0 Å². The molecule has 2 aromatic carbocycles. The number of imidazole rings is 1. The minimum atomic E-state index is 1.01. The highest BCUT2D eigenvalue weighted by atomic mass is 32.1. The van der Waals surface area contributed by atoms with E-state index in [1.165, 1.54) is 16.6 Å². The van der Waals surface area contributed by atoms with E-state index in [9.17, 15) is 0 Å². The van der Waals surface area contributed by atoms with E-state index in [-0.39, 0.29) is 0 Å². The van der Waals surface area contributed by atoms with Gasteiger partial charge in [0.15, 0.2) is 4.96 Å². The summed E-state index contributed by atoms with van der Waals surface area (Å²) in [6.07, 6.45) is 4.20. The summed E-state index contributed by atoms with van der Waals surface area (Å²) in [4.78, 5) is 9.13. The summed E-state index contributed by atoms with van der Waals surface area (Å²) in [6.45, 7) is 0. The smallest absolute Gasteiger partial charge is 0.194 e. The minimum absolute atomic E-state index is 1.01. The second-order valence-electron chi connectivity index (χ2n) is 5.51. The topological polar surface area (TPSA) is 33.1 Å². The molecule has 0 aliphatic heterocycles. The monoisotopic (exact) mass is 315 g/mol. The number of thiazole rings is 1. The van der Waals surface area contributed by atoms with Gasteiger partial charge in [-0.2, -0.15) is 0 Å². The zero-order valence-electron chi connectivity index (χ0n) is 12.2. The summed E-state index contributed by atoms with van der Waals surface area (Å²) in [5.74, 6) is 0. The third-order valence-corrected chi connectivity index (χ3v) is 4.98. The SMILES string of the molecule is c1ccc(-c2cn3c(-c4c[nH]c5ccccc45)csc3n2)cc1. The number of H-pyrrole nitrogens is 1. The fourth-order valence-corrected chi connectivity index (χ4v) is 3.88. The molecule has 0 saturated carbocycles. The quantitative estimate of drug-likeness (QED) is 0.476. The molecule has 3 heterocycles. The van der Waals surface area contributed by atoms with E-state index in [4.69, 9.17) is 4.98 Å². The molecule has 1 N–H and O–H groups in total. The maximum atomic E-state index is 4.76. The minimum Gasteiger partial charge on any atom is -0.360 e. The number of nitrogens with zero attached hydrogens (tertiary/aromatic N) is 2. The zero-order chi connectivity index (χ0) is 15.2. The number of nitrogens with one attached hydrogen (secondary N) is 1. The van der Waals surface area contributed by atoms with Crippen molar-refractivity contribution >= 4 is 27.2 Å². The molecule has 0 amide bonds. The highest BCUT2D eigenvalue weighted by Crippen LogP contribution is 2.33. The van der Waals surface area contributed by atoms with Gasteiger partial charge in [0.2, 0.25) is 0 Å². The van der Waals surface area contributed by atoms with Crippen molar-refractivity contribution in [3.05, 3.63) is 72.4 Å². The van der Waals surface area contributed by atoms with Crippen LogP contribution in [0.2, 0.25) is 0 Å². The third kappa shape index (κ3) is 1.92. The van der Waals surface area contributed by atoms with Gasteiger partial charge in [0, 0.05) is 39.8 Å². The van der Waals surface area contributed by atoms with Gasteiger partial charge in [0.1, 0.15) is 0 Å². The number of benzene rings is 2. The van der Waals surface area contributed by atoms with Crippen molar-refractivity contribution in [3.63, 3.8) is 0 Å². The highest BCUT2D eigenvalue weighted by molar-refractivity contribution is 7.15. The summed E-state index contributed by atoms with van der Waals surface area (Å²) in [5, 5.41) is 3.41. The Labute approximate surface area is 136 Å². The Bertz CT molecular complexity index is 1120. The van der Waals surface area contributed by atoms with Crippen molar-refractivity contribution in [3.8, 4) is 22.5 Å². The van der Waals surface area contributed by atoms with Crippen LogP contribution in [0.5, 0.6) is 0 Å². The van der Waals surface area contributed by atoms with E-state index < -0.39 is 0 Å². The van der Waals surface area contributed by atoms with Crippen LogP contribution in [0.25, 0.3) is 38.4 Å². The number of rotatable bonds is 2. The van der Waals surface area contributed by atoms with Crippen LogP contribution in [0.4, 0.5) is 0 Å². The van der Waals surface area contributed by atoms with E-state index in [0.29, 0.717) is 0 Å². The van der Waals surface area contributed by atoms with Gasteiger partial charge in [0.25, 0.3) is 0 Å². The number of fused-ring (bicyclic) bond motifs is 2. The standard InChI is InChI=1S/C19H13N3S/c1-2-6-13(7-3-1)17-11-22-18(12-23-19(22)21-17)15-10-20-16-9-5-4-8-14(15)16/h1-12,20H. The predicted octanol–water partition coefficient (Wildman–Crippen LogP) is 5.21. The molecule has 5 aromatic rings. The van der Waals surface area contributed by atoms with E-state index >= 15 is 0 Å². The van der Waals surface area contributed by atoms with Crippen molar-refractivity contribution in [1.82, 2.24) is 14.4 Å². The largest absolute Gasteiger partial charge is 0.360 e. The molecule has 0 atom stereocenters. The van der Waals surface area contributed by atoms with Gasteiger partial charge in [-0.3, -0.25) is 4.40 Å². The normalized spacial score (nSPS) is 11.5. The van der Waals surface area contributed by atoms with Gasteiger partial charge >= 0.3 is 0 Å². The second kappa shape index (κ2) is 4.83. The molecule has 0 spiro atoms. The second-order valence-corrected chi connectivity index (χ2v) is 6.35. The Balaban J connectivity index is 1.72. The fourth-order valence-electron chi connectivity index (χ4n) is 3.01. The molecule has 23 heavy (non-hydrogen) atoms. The van der Waals surface area contributed by atoms with Gasteiger partial charge in [0.05, 0.1) is 11.4 Å². The van der Waals surface area contributed by atoms with Crippen LogP contribution >= 0.6 is 11.3 Å². The van der Waals surface area contributed by atoms with Crippen molar-refractivity contribution in [2.75, 3.05) is 0 Å². The zero-order valence-corrected chi connectivity index (χ0v) is 13.0. The summed E-state index contributed by atoms with van der Waals surface area (Å²) in [6, 6.07) is 18.7. The van der Waals surface area contributed by atoms with Crippen molar-refractivity contribution < 1.29 is 0 Å². The molecule has 3 nitrogen and oxygen atoms in total. The molecule has 0 radical (unpaired) electrons. The molecule has 0 saturated heterocycles. The van der Waals surface area contributed by atoms with Gasteiger partial charge in [-0.05, 0) is 6.07 Å². The lowest BCUT2D eigenvalue weighted by Crippen LogP contribution is -1.82. The van der Waals surface area contributed by atoms with Crippen LogP contribution in [-0.4, -0.2) is 14.4 Å². The molecule has 0 bridgehead atoms. The Kier molecular flexibility index (Phi) is 2.66. The Morgan fingerprint density at radius 3 is 2.70 bits per heavy atom. The average molecular weight is 315 g/mol. The summed E-state index contributed by atoms with van der Waals surface area (Å²) in [7, 11) is 0. The third-order valence-electron chi connectivity index (χ3n) is 4.14. The number of aromatic nitrogens is 3. The lowest BCUT2D eigenvalue weighted by molar-refractivity contribution is 1.24. The summed E-state index contributed by atoms with van der Waals surface area (Å²) < 4.78 is 2.18. The number of hydrogen-bond donors (Lipinski definition) is 1. The van der Waals surface area contributed by atoms with Gasteiger partial charge in [-0.15, -0.1) is 11.3 Å². The lowest BCUT2D eigenvalue weighted by Gasteiger charge is -1.98. The predicted molar refractivity (Wildman–Crippen MR) is 95.8 cm³/mol. The highest BCUT2D eigenvalue weighted by Gasteiger charge is 2.13. The molecule has 0 aliphatic rings. The molecular weight excluding hydrogens is 302 g/mol. The number of aromatic amines is 1. The summed E-state index contributed by atoms with van der Waals surface area (Å²) >= 11 is 1.67. The molecule has 0 aliphatic carbocycles. The Morgan fingerprint density at radius 1 is 0.957 bits per heavy atom. The molecular formula is C19H13N3S. The first kappa shape index (κ1) is 12.7. The van der Waals surface area contributed by atoms with Crippen LogP contribution in [0.1, 0.15) is 0 Å². The molecule has 0 fully saturated rings. The molecule has 3 aromatic heterocycles. The first-order chi connectivity index (χ1) is 11.4. The van der Waals surface area contributed by atoms with Crippen molar-refractivity contribution in [1.29, 1.82) is 0 Å². The molecule has 110 valence electrons. The number of hydrogen-bond acceptors (Lipinski definition) is 2.